The average Bonchev–Trinajstić information content (AvgIpc) is 2.83. The molecule has 0 heterocycles. The van der Waals surface area contributed by atoms with Crippen molar-refractivity contribution >= 4 is 17.9 Å². The molecule has 0 radical (unpaired) electrons. The van der Waals surface area contributed by atoms with Gasteiger partial charge in [0.2, 0.25) is 0 Å². The number of nitrogens with zero attached hydrogens (tertiary/aromatic N) is 3. The van der Waals surface area contributed by atoms with E-state index in [2.05, 4.69) is 0 Å². The minimum absolute atomic E-state index is 0.132. The van der Waals surface area contributed by atoms with Gasteiger partial charge in [-0.2, -0.15) is 0 Å². The highest BCUT2D eigenvalue weighted by Crippen LogP contribution is 2.17. The van der Waals surface area contributed by atoms with E-state index >= 15 is 0 Å². The molecule has 0 fully saturated rings. The zero-order valence-corrected chi connectivity index (χ0v) is 20.7. The van der Waals surface area contributed by atoms with Crippen LogP contribution in [0.15, 0.2) is 48.5 Å². The molecule has 0 unspecified atom stereocenters. The van der Waals surface area contributed by atoms with Gasteiger partial charge in [0.05, 0.1) is 19.6 Å². The molecule has 2 aromatic carbocycles. The molecule has 0 saturated carbocycles. The van der Waals surface area contributed by atoms with Crippen LogP contribution >= 0.6 is 0 Å². The zero-order valence-electron chi connectivity index (χ0n) is 20.7. The summed E-state index contributed by atoms with van der Waals surface area (Å²) in [5.74, 6) is -2.81. The molecular weight excluding hydrogens is 482 g/mol. The van der Waals surface area contributed by atoms with E-state index in [1.807, 2.05) is 0 Å². The molecule has 0 aromatic heterocycles. The molecule has 202 valence electrons. The average molecular weight is 518 g/mol. The third-order valence-corrected chi connectivity index (χ3v) is 5.92. The lowest BCUT2D eigenvalue weighted by Gasteiger charge is -2.28. The van der Waals surface area contributed by atoms with Crippen LogP contribution in [0.5, 0.6) is 11.5 Å². The Morgan fingerprint density at radius 2 is 0.811 bits per heavy atom. The molecule has 2 rings (SSSR count). The maximum Gasteiger partial charge on any atom is 0.317 e. The van der Waals surface area contributed by atoms with Gasteiger partial charge in [-0.1, -0.05) is 36.4 Å². The maximum atomic E-state index is 11.4. The first kappa shape index (κ1) is 29.6. The van der Waals surface area contributed by atoms with Gasteiger partial charge in [-0.25, -0.2) is 0 Å². The van der Waals surface area contributed by atoms with Crippen molar-refractivity contribution in [1.29, 1.82) is 0 Å². The van der Waals surface area contributed by atoms with Crippen molar-refractivity contribution in [2.45, 2.75) is 12.8 Å². The third kappa shape index (κ3) is 11.7. The number of carboxylic acids is 3. The summed E-state index contributed by atoms with van der Waals surface area (Å²) < 4.78 is 0. The van der Waals surface area contributed by atoms with Crippen molar-refractivity contribution in [3.05, 3.63) is 59.7 Å². The molecule has 11 nitrogen and oxygen atoms in total. The molecule has 0 aliphatic heterocycles. The second-order valence-electron chi connectivity index (χ2n) is 8.77. The number of carboxylic acid groups (broad SMARTS) is 3. The van der Waals surface area contributed by atoms with Crippen molar-refractivity contribution in [2.24, 2.45) is 0 Å². The summed E-state index contributed by atoms with van der Waals surface area (Å²) in [6.45, 7) is 1.06. The van der Waals surface area contributed by atoms with E-state index in [1.165, 1.54) is 0 Å². The van der Waals surface area contributed by atoms with Crippen molar-refractivity contribution in [3.63, 3.8) is 0 Å². The number of aliphatic carboxylic acids is 3. The highest BCUT2D eigenvalue weighted by Gasteiger charge is 2.17. The lowest BCUT2D eigenvalue weighted by atomic mass is 10.1. The second kappa shape index (κ2) is 15.4. The molecule has 0 aliphatic carbocycles. The smallest absolute Gasteiger partial charge is 0.317 e. The molecule has 0 bridgehead atoms. The van der Waals surface area contributed by atoms with Gasteiger partial charge in [0, 0.05) is 39.3 Å². The summed E-state index contributed by atoms with van der Waals surface area (Å²) in [4.78, 5) is 39.2. The van der Waals surface area contributed by atoms with E-state index in [9.17, 15) is 39.9 Å². The SMILES string of the molecule is O=C(O)CN(CCc1ccccc1O)CCN(CCN(CCc1ccccc1O)CC(=O)O)CC(=O)O. The fraction of sp³-hybridized carbons (Fsp3) is 0.423. The number of phenolic OH excluding ortho intramolecular Hbond substituents is 2. The minimum Gasteiger partial charge on any atom is -0.508 e. The van der Waals surface area contributed by atoms with Gasteiger partial charge in [0.1, 0.15) is 11.5 Å². The number of aromatic hydroxyl groups is 2. The van der Waals surface area contributed by atoms with Crippen molar-refractivity contribution in [2.75, 3.05) is 58.9 Å². The van der Waals surface area contributed by atoms with Crippen LogP contribution in [-0.4, -0.2) is 117 Å². The lowest BCUT2D eigenvalue weighted by Crippen LogP contribution is -2.44. The number of benzene rings is 2. The third-order valence-electron chi connectivity index (χ3n) is 5.92. The first-order chi connectivity index (χ1) is 17.6. The molecule has 0 amide bonds. The summed E-state index contributed by atoms with van der Waals surface area (Å²) in [7, 11) is 0. The second-order valence-corrected chi connectivity index (χ2v) is 8.77. The molecule has 2 aromatic rings. The Hall–Kier alpha value is -3.67. The summed E-state index contributed by atoms with van der Waals surface area (Å²) in [6.07, 6.45) is 0.856. The summed E-state index contributed by atoms with van der Waals surface area (Å²) >= 11 is 0. The van der Waals surface area contributed by atoms with Gasteiger partial charge >= 0.3 is 17.9 Å². The quantitative estimate of drug-likeness (QED) is 0.192. The van der Waals surface area contributed by atoms with E-state index in [4.69, 9.17) is 0 Å². The molecule has 0 atom stereocenters. The number of rotatable bonds is 18. The maximum absolute atomic E-state index is 11.4. The first-order valence-corrected chi connectivity index (χ1v) is 12.0. The van der Waals surface area contributed by atoms with Crippen molar-refractivity contribution in [1.82, 2.24) is 14.7 Å². The van der Waals surface area contributed by atoms with Crippen molar-refractivity contribution in [3.8, 4) is 11.5 Å². The van der Waals surface area contributed by atoms with Crippen LogP contribution in [0.1, 0.15) is 11.1 Å². The van der Waals surface area contributed by atoms with Crippen molar-refractivity contribution < 1.29 is 39.9 Å². The van der Waals surface area contributed by atoms with E-state index in [0.717, 1.165) is 0 Å². The van der Waals surface area contributed by atoms with Gasteiger partial charge < -0.3 is 25.5 Å². The minimum atomic E-state index is -1.04. The molecule has 5 N–H and O–H groups in total. The van der Waals surface area contributed by atoms with Crippen LogP contribution in [0.3, 0.4) is 0 Å². The Balaban J connectivity index is 1.97. The van der Waals surface area contributed by atoms with Gasteiger partial charge in [0.25, 0.3) is 0 Å². The highest BCUT2D eigenvalue weighted by molar-refractivity contribution is 5.70. The molecule has 0 saturated heterocycles. The highest BCUT2D eigenvalue weighted by atomic mass is 16.4. The normalized spacial score (nSPS) is 11.3. The Morgan fingerprint density at radius 3 is 1.11 bits per heavy atom. The Labute approximate surface area is 215 Å². The molecule has 37 heavy (non-hydrogen) atoms. The topological polar surface area (TPSA) is 162 Å². The van der Waals surface area contributed by atoms with Gasteiger partial charge in [-0.15, -0.1) is 0 Å². The number of phenols is 2. The Morgan fingerprint density at radius 1 is 0.514 bits per heavy atom. The zero-order chi connectivity index (χ0) is 27.2. The standard InChI is InChI=1S/C26H35N3O8/c30-22-7-3-1-5-20(22)9-11-27(17-24(32)33)13-15-29(19-26(36)37)16-14-28(18-25(34)35)12-10-21-6-2-4-8-23(21)31/h1-8,30-31H,9-19H2,(H,32,33)(H,34,35)(H,36,37). The van der Waals surface area contributed by atoms with Crippen LogP contribution < -0.4 is 0 Å². The fourth-order valence-corrected chi connectivity index (χ4v) is 3.95. The predicted molar refractivity (Wildman–Crippen MR) is 136 cm³/mol. The number of hydrogen-bond donors (Lipinski definition) is 5. The predicted octanol–water partition coefficient (Wildman–Crippen LogP) is 1.04. The summed E-state index contributed by atoms with van der Waals surface area (Å²) in [6, 6.07) is 13.6. The summed E-state index contributed by atoms with van der Waals surface area (Å²) in [5.41, 5.74) is 1.38. The van der Waals surface area contributed by atoms with E-state index in [-0.39, 0.29) is 57.3 Å². The number of carbonyl (C=O) groups is 3. The lowest BCUT2D eigenvalue weighted by molar-refractivity contribution is -0.140. The van der Waals surface area contributed by atoms with Crippen LogP contribution in [0.25, 0.3) is 0 Å². The molecule has 0 aliphatic rings. The van der Waals surface area contributed by atoms with Crippen LogP contribution in [0, 0.1) is 0 Å². The molecule has 11 heteroatoms. The van der Waals surface area contributed by atoms with Crippen LogP contribution in [0.4, 0.5) is 0 Å². The Kier molecular flexibility index (Phi) is 12.3. The molecular formula is C26H35N3O8. The number of para-hydroxylation sites is 2. The van der Waals surface area contributed by atoms with Crippen LogP contribution in [0.2, 0.25) is 0 Å². The van der Waals surface area contributed by atoms with Crippen LogP contribution in [-0.2, 0) is 27.2 Å². The number of hydrogen-bond acceptors (Lipinski definition) is 8. The van der Waals surface area contributed by atoms with E-state index in [1.54, 1.807) is 63.2 Å². The fourth-order valence-electron chi connectivity index (χ4n) is 3.95. The van der Waals surface area contributed by atoms with Gasteiger partial charge in [-0.05, 0) is 36.1 Å². The van der Waals surface area contributed by atoms with Gasteiger partial charge in [0.15, 0.2) is 0 Å². The Bertz CT molecular complexity index is 959. The van der Waals surface area contributed by atoms with E-state index in [0.29, 0.717) is 37.1 Å². The first-order valence-electron chi connectivity index (χ1n) is 12.0. The largest absolute Gasteiger partial charge is 0.508 e. The van der Waals surface area contributed by atoms with Gasteiger partial charge in [-0.3, -0.25) is 29.1 Å². The van der Waals surface area contributed by atoms with E-state index < -0.39 is 17.9 Å². The monoisotopic (exact) mass is 517 g/mol. The molecule has 0 spiro atoms. The summed E-state index contributed by atoms with van der Waals surface area (Å²) in [5, 5.41) is 47.9.